The van der Waals surface area contributed by atoms with Gasteiger partial charge in [-0.1, -0.05) is 0 Å². The van der Waals surface area contributed by atoms with Gasteiger partial charge in [-0.15, -0.1) is 0 Å². The minimum atomic E-state index is -4.60. The normalized spacial score (nSPS) is 15.9. The van der Waals surface area contributed by atoms with Gasteiger partial charge in [-0.25, -0.2) is 4.39 Å². The summed E-state index contributed by atoms with van der Waals surface area (Å²) >= 11 is 0. The average molecular weight is 235 g/mol. The lowest BCUT2D eigenvalue weighted by Gasteiger charge is -2.17. The van der Waals surface area contributed by atoms with Gasteiger partial charge in [-0.05, 0) is 37.6 Å². The first-order valence-electron chi connectivity index (χ1n) is 4.60. The van der Waals surface area contributed by atoms with Crippen LogP contribution in [0.5, 0.6) is 0 Å². The van der Waals surface area contributed by atoms with Gasteiger partial charge in [0.1, 0.15) is 5.82 Å². The number of hydrogen-bond donors (Lipinski definition) is 1. The molecule has 1 N–H and O–H groups in total. The Kier molecular flexibility index (Phi) is 3.57. The fourth-order valence-electron chi connectivity index (χ4n) is 1.27. The summed E-state index contributed by atoms with van der Waals surface area (Å²) in [6, 6.07) is 2.16. The zero-order valence-corrected chi connectivity index (χ0v) is 8.55. The molecule has 0 amide bonds. The molecule has 89 valence electrons. The fraction of sp³-hybridized carbons (Fsp3) is 0.364. The highest BCUT2D eigenvalue weighted by Gasteiger charge is 2.32. The molecule has 5 heteroatoms. The monoisotopic (exact) mass is 235 g/mol. The average Bonchev–Trinajstić information content (AvgIpc) is 2.14. The van der Waals surface area contributed by atoms with Crippen LogP contribution in [0.25, 0.3) is 0 Å². The van der Waals surface area contributed by atoms with Gasteiger partial charge < -0.3 is 5.11 Å². The van der Waals surface area contributed by atoms with Gasteiger partial charge >= 0.3 is 6.18 Å². The van der Waals surface area contributed by atoms with Crippen molar-refractivity contribution in [1.82, 2.24) is 0 Å². The molecule has 0 fully saturated rings. The maximum absolute atomic E-state index is 13.0. The Hall–Kier alpha value is -1.10. The Morgan fingerprint density at radius 1 is 1.25 bits per heavy atom. The molecular formula is C11H11F4O. The van der Waals surface area contributed by atoms with E-state index in [1.54, 1.807) is 0 Å². The number of benzene rings is 1. The van der Waals surface area contributed by atoms with Crippen LogP contribution in [0.1, 0.15) is 24.0 Å². The second-order valence-corrected chi connectivity index (χ2v) is 3.62. The SMILES string of the molecule is [CH2]C(c1cc(F)cc(C(F)(F)F)c1)C(C)O. The first-order chi connectivity index (χ1) is 7.21. The number of rotatable bonds is 2. The lowest BCUT2D eigenvalue weighted by molar-refractivity contribution is -0.137. The summed E-state index contributed by atoms with van der Waals surface area (Å²) in [7, 11) is 0. The summed E-state index contributed by atoms with van der Waals surface area (Å²) in [6.45, 7) is 4.87. The van der Waals surface area contributed by atoms with Crippen molar-refractivity contribution in [2.45, 2.75) is 25.1 Å². The second kappa shape index (κ2) is 4.41. The maximum atomic E-state index is 13.0. The Morgan fingerprint density at radius 2 is 1.81 bits per heavy atom. The lowest BCUT2D eigenvalue weighted by Crippen LogP contribution is -2.13. The molecule has 1 aromatic carbocycles. The summed E-state index contributed by atoms with van der Waals surface area (Å²) in [6.07, 6.45) is -5.54. The van der Waals surface area contributed by atoms with Gasteiger partial charge in [0.05, 0.1) is 11.7 Å². The Morgan fingerprint density at radius 3 is 2.25 bits per heavy atom. The van der Waals surface area contributed by atoms with Crippen molar-refractivity contribution in [3.05, 3.63) is 42.1 Å². The molecular weight excluding hydrogens is 224 g/mol. The third kappa shape index (κ3) is 2.95. The van der Waals surface area contributed by atoms with Gasteiger partial charge in [-0.2, -0.15) is 13.2 Å². The minimum absolute atomic E-state index is 0.0299. The molecule has 1 rings (SSSR count). The van der Waals surface area contributed by atoms with Crippen molar-refractivity contribution in [2.75, 3.05) is 0 Å². The van der Waals surface area contributed by atoms with Gasteiger partial charge in [0.25, 0.3) is 0 Å². The number of alkyl halides is 3. The molecule has 0 aliphatic rings. The first-order valence-corrected chi connectivity index (χ1v) is 4.60. The van der Waals surface area contributed by atoms with Crippen molar-refractivity contribution in [2.24, 2.45) is 0 Å². The Bertz CT molecular complexity index is 371. The van der Waals surface area contributed by atoms with Crippen LogP contribution in [-0.2, 0) is 6.18 Å². The molecule has 1 nitrogen and oxygen atoms in total. The van der Waals surface area contributed by atoms with E-state index in [-0.39, 0.29) is 5.56 Å². The van der Waals surface area contributed by atoms with Crippen molar-refractivity contribution >= 4 is 0 Å². The number of hydrogen-bond acceptors (Lipinski definition) is 1. The minimum Gasteiger partial charge on any atom is -0.393 e. The van der Waals surface area contributed by atoms with Crippen LogP contribution in [0, 0.1) is 12.7 Å². The molecule has 2 unspecified atom stereocenters. The predicted molar refractivity (Wildman–Crippen MR) is 51.2 cm³/mol. The van der Waals surface area contributed by atoms with E-state index in [2.05, 4.69) is 6.92 Å². The van der Waals surface area contributed by atoms with E-state index in [1.165, 1.54) is 6.92 Å². The van der Waals surface area contributed by atoms with E-state index in [1.807, 2.05) is 0 Å². The van der Waals surface area contributed by atoms with E-state index in [9.17, 15) is 22.7 Å². The van der Waals surface area contributed by atoms with Crippen LogP contribution < -0.4 is 0 Å². The van der Waals surface area contributed by atoms with E-state index < -0.39 is 29.6 Å². The quantitative estimate of drug-likeness (QED) is 0.781. The van der Waals surface area contributed by atoms with Crippen LogP contribution in [-0.4, -0.2) is 11.2 Å². The summed E-state index contributed by atoms with van der Waals surface area (Å²) in [5.74, 6) is -1.78. The number of halogens is 4. The van der Waals surface area contributed by atoms with E-state index in [4.69, 9.17) is 0 Å². The maximum Gasteiger partial charge on any atom is 0.416 e. The highest BCUT2D eigenvalue weighted by molar-refractivity contribution is 5.30. The van der Waals surface area contributed by atoms with Crippen molar-refractivity contribution < 1.29 is 22.7 Å². The summed E-state index contributed by atoms with van der Waals surface area (Å²) in [5, 5.41) is 9.19. The molecule has 2 atom stereocenters. The first kappa shape index (κ1) is 13.0. The lowest BCUT2D eigenvalue weighted by atomic mass is 9.94. The van der Waals surface area contributed by atoms with Crippen LogP contribution in [0.4, 0.5) is 17.6 Å². The molecule has 16 heavy (non-hydrogen) atoms. The summed E-state index contributed by atoms with van der Waals surface area (Å²) in [4.78, 5) is 0. The van der Waals surface area contributed by atoms with E-state index in [0.717, 1.165) is 12.1 Å². The van der Waals surface area contributed by atoms with Crippen LogP contribution >= 0.6 is 0 Å². The van der Waals surface area contributed by atoms with Crippen molar-refractivity contribution in [3.8, 4) is 0 Å². The van der Waals surface area contributed by atoms with E-state index >= 15 is 0 Å². The number of aliphatic hydroxyl groups excluding tert-OH is 1. The van der Waals surface area contributed by atoms with Gasteiger partial charge in [-0.3, -0.25) is 0 Å². The highest BCUT2D eigenvalue weighted by atomic mass is 19.4. The molecule has 0 heterocycles. The van der Waals surface area contributed by atoms with Crippen LogP contribution in [0.15, 0.2) is 18.2 Å². The number of aliphatic hydroxyl groups is 1. The van der Waals surface area contributed by atoms with Crippen LogP contribution in [0.2, 0.25) is 0 Å². The topological polar surface area (TPSA) is 20.2 Å². The van der Waals surface area contributed by atoms with Gasteiger partial charge in [0.2, 0.25) is 0 Å². The zero-order valence-electron chi connectivity index (χ0n) is 8.55. The summed E-state index contributed by atoms with van der Waals surface area (Å²) in [5.41, 5.74) is -1.04. The zero-order chi connectivity index (χ0) is 12.5. The molecule has 1 radical (unpaired) electrons. The Balaban J connectivity index is 3.18. The van der Waals surface area contributed by atoms with Crippen LogP contribution in [0.3, 0.4) is 0 Å². The molecule has 0 saturated heterocycles. The predicted octanol–water partition coefficient (Wildman–Crippen LogP) is 3.14. The smallest absolute Gasteiger partial charge is 0.393 e. The molecule has 0 aliphatic heterocycles. The highest BCUT2D eigenvalue weighted by Crippen LogP contribution is 2.32. The Labute approximate surface area is 90.7 Å². The van der Waals surface area contributed by atoms with Crippen molar-refractivity contribution in [3.63, 3.8) is 0 Å². The van der Waals surface area contributed by atoms with Gasteiger partial charge in [0, 0.05) is 5.92 Å². The van der Waals surface area contributed by atoms with E-state index in [0.29, 0.717) is 6.07 Å². The fourth-order valence-corrected chi connectivity index (χ4v) is 1.27. The second-order valence-electron chi connectivity index (χ2n) is 3.62. The summed E-state index contributed by atoms with van der Waals surface area (Å²) < 4.78 is 50.1. The molecule has 0 aliphatic carbocycles. The molecule has 0 spiro atoms. The standard InChI is InChI=1S/C11H11F4O/c1-6(7(2)16)8-3-9(11(13,14)15)5-10(12)4-8/h3-7,16H,1H2,2H3. The third-order valence-corrected chi connectivity index (χ3v) is 2.26. The third-order valence-electron chi connectivity index (χ3n) is 2.26. The largest absolute Gasteiger partial charge is 0.416 e. The van der Waals surface area contributed by atoms with Gasteiger partial charge in [0.15, 0.2) is 0 Å². The molecule has 0 saturated carbocycles. The van der Waals surface area contributed by atoms with Crippen molar-refractivity contribution in [1.29, 1.82) is 0 Å². The molecule has 1 aromatic rings. The molecule has 0 aromatic heterocycles. The molecule has 0 bridgehead atoms.